The summed E-state index contributed by atoms with van der Waals surface area (Å²) in [5.74, 6) is -2.49. The number of halogens is 2. The molecule has 0 radical (unpaired) electrons. The SMILES string of the molecule is COC(C)(OC)c1ccc(F)cc1F. The van der Waals surface area contributed by atoms with Gasteiger partial charge in [0.05, 0.1) is 0 Å². The molecule has 2 nitrogen and oxygen atoms in total. The molecule has 0 amide bonds. The fourth-order valence-electron chi connectivity index (χ4n) is 1.16. The molecule has 0 unspecified atom stereocenters. The maximum absolute atomic E-state index is 13.3. The molecule has 0 aliphatic carbocycles. The van der Waals surface area contributed by atoms with Crippen LogP contribution >= 0.6 is 0 Å². The van der Waals surface area contributed by atoms with E-state index in [-0.39, 0.29) is 5.56 Å². The second kappa shape index (κ2) is 4.02. The normalized spacial score (nSPS) is 11.8. The third kappa shape index (κ3) is 1.91. The van der Waals surface area contributed by atoms with Gasteiger partial charge in [-0.05, 0) is 19.1 Å². The lowest BCUT2D eigenvalue weighted by Crippen LogP contribution is -2.27. The molecule has 1 aromatic rings. The standard InChI is InChI=1S/C10H12F2O2/c1-10(13-2,14-3)8-5-4-7(11)6-9(8)12/h4-6H,1-3H3. The fraction of sp³-hybridized carbons (Fsp3) is 0.400. The highest BCUT2D eigenvalue weighted by molar-refractivity contribution is 5.22. The van der Waals surface area contributed by atoms with Crippen LogP contribution in [0, 0.1) is 11.6 Å². The summed E-state index contributed by atoms with van der Waals surface area (Å²) in [7, 11) is 2.79. The number of benzene rings is 1. The van der Waals surface area contributed by atoms with E-state index >= 15 is 0 Å². The molecule has 0 saturated heterocycles. The first-order valence-electron chi connectivity index (χ1n) is 4.09. The van der Waals surface area contributed by atoms with Crippen LogP contribution in [0.1, 0.15) is 12.5 Å². The third-order valence-corrected chi connectivity index (χ3v) is 2.20. The van der Waals surface area contributed by atoms with E-state index in [0.717, 1.165) is 12.1 Å². The summed E-state index contributed by atoms with van der Waals surface area (Å²) >= 11 is 0. The van der Waals surface area contributed by atoms with Crippen molar-refractivity contribution in [1.82, 2.24) is 0 Å². The second-order valence-electron chi connectivity index (χ2n) is 2.98. The summed E-state index contributed by atoms with van der Waals surface area (Å²) in [6.07, 6.45) is 0. The van der Waals surface area contributed by atoms with E-state index in [2.05, 4.69) is 0 Å². The molecule has 78 valence electrons. The molecule has 0 fully saturated rings. The molecule has 0 saturated carbocycles. The van der Waals surface area contributed by atoms with Crippen LogP contribution in [-0.4, -0.2) is 14.2 Å². The van der Waals surface area contributed by atoms with Crippen molar-refractivity contribution >= 4 is 0 Å². The van der Waals surface area contributed by atoms with Crippen LogP contribution in [0.15, 0.2) is 18.2 Å². The first-order chi connectivity index (χ1) is 6.53. The number of ether oxygens (including phenoxy) is 2. The second-order valence-corrected chi connectivity index (χ2v) is 2.98. The van der Waals surface area contributed by atoms with Gasteiger partial charge in [-0.3, -0.25) is 0 Å². The van der Waals surface area contributed by atoms with E-state index in [0.29, 0.717) is 0 Å². The molecule has 0 heterocycles. The lowest BCUT2D eigenvalue weighted by Gasteiger charge is -2.27. The van der Waals surface area contributed by atoms with Gasteiger partial charge in [-0.1, -0.05) is 0 Å². The molecule has 4 heteroatoms. The molecule has 0 atom stereocenters. The Morgan fingerprint density at radius 3 is 2.14 bits per heavy atom. The largest absolute Gasteiger partial charge is 0.349 e. The number of hydrogen-bond donors (Lipinski definition) is 0. The van der Waals surface area contributed by atoms with Gasteiger partial charge in [0.15, 0.2) is 5.79 Å². The van der Waals surface area contributed by atoms with Crippen molar-refractivity contribution in [1.29, 1.82) is 0 Å². The highest BCUT2D eigenvalue weighted by Crippen LogP contribution is 2.27. The molecule has 14 heavy (non-hydrogen) atoms. The van der Waals surface area contributed by atoms with Gasteiger partial charge in [0.2, 0.25) is 0 Å². The van der Waals surface area contributed by atoms with Crippen molar-refractivity contribution in [3.05, 3.63) is 35.4 Å². The molecule has 0 N–H and O–H groups in total. The zero-order chi connectivity index (χ0) is 10.8. The molecular formula is C10H12F2O2. The van der Waals surface area contributed by atoms with Gasteiger partial charge in [0.1, 0.15) is 11.6 Å². The fourth-order valence-corrected chi connectivity index (χ4v) is 1.16. The van der Waals surface area contributed by atoms with E-state index in [1.165, 1.54) is 20.3 Å². The minimum atomic E-state index is -1.18. The summed E-state index contributed by atoms with van der Waals surface area (Å²) in [5, 5.41) is 0. The maximum atomic E-state index is 13.3. The van der Waals surface area contributed by atoms with Crippen molar-refractivity contribution < 1.29 is 18.3 Å². The Morgan fingerprint density at radius 1 is 1.14 bits per heavy atom. The van der Waals surface area contributed by atoms with Gasteiger partial charge in [-0.2, -0.15) is 0 Å². The van der Waals surface area contributed by atoms with Crippen molar-refractivity contribution in [2.75, 3.05) is 14.2 Å². The average molecular weight is 202 g/mol. The van der Waals surface area contributed by atoms with Crippen LogP contribution in [0.5, 0.6) is 0 Å². The Morgan fingerprint density at radius 2 is 1.71 bits per heavy atom. The summed E-state index contributed by atoms with van der Waals surface area (Å²) in [4.78, 5) is 0. The Hall–Kier alpha value is -1.00. The predicted molar refractivity (Wildman–Crippen MR) is 47.7 cm³/mol. The van der Waals surface area contributed by atoms with E-state index in [4.69, 9.17) is 9.47 Å². The Labute approximate surface area is 81.4 Å². The summed E-state index contributed by atoms with van der Waals surface area (Å²) in [6.45, 7) is 1.56. The quantitative estimate of drug-likeness (QED) is 0.701. The van der Waals surface area contributed by atoms with Crippen molar-refractivity contribution in [2.24, 2.45) is 0 Å². The van der Waals surface area contributed by atoms with Crippen LogP contribution in [0.3, 0.4) is 0 Å². The van der Waals surface area contributed by atoms with Crippen LogP contribution in [-0.2, 0) is 15.3 Å². The van der Waals surface area contributed by atoms with E-state index in [1.54, 1.807) is 6.92 Å². The molecule has 0 aliphatic rings. The monoisotopic (exact) mass is 202 g/mol. The van der Waals surface area contributed by atoms with Crippen molar-refractivity contribution in [2.45, 2.75) is 12.7 Å². The summed E-state index contributed by atoms with van der Waals surface area (Å²) in [5.41, 5.74) is 0.170. The number of hydrogen-bond acceptors (Lipinski definition) is 2. The van der Waals surface area contributed by atoms with E-state index in [1.807, 2.05) is 0 Å². The van der Waals surface area contributed by atoms with Crippen LogP contribution in [0.2, 0.25) is 0 Å². The minimum absolute atomic E-state index is 0.170. The third-order valence-electron chi connectivity index (χ3n) is 2.20. The van der Waals surface area contributed by atoms with Gasteiger partial charge in [-0.25, -0.2) is 8.78 Å². The van der Waals surface area contributed by atoms with Crippen LogP contribution < -0.4 is 0 Å². The van der Waals surface area contributed by atoms with Gasteiger partial charge < -0.3 is 9.47 Å². The molecule has 0 aromatic heterocycles. The minimum Gasteiger partial charge on any atom is -0.349 e. The lowest BCUT2D eigenvalue weighted by atomic mass is 10.1. The zero-order valence-electron chi connectivity index (χ0n) is 8.30. The molecule has 1 aromatic carbocycles. The van der Waals surface area contributed by atoms with Gasteiger partial charge in [0, 0.05) is 25.8 Å². The Kier molecular flexibility index (Phi) is 3.18. The molecule has 0 spiro atoms. The first kappa shape index (κ1) is 11.1. The Balaban J connectivity index is 3.17. The number of rotatable bonds is 3. The van der Waals surface area contributed by atoms with E-state index < -0.39 is 17.4 Å². The molecule has 0 aliphatic heterocycles. The van der Waals surface area contributed by atoms with Gasteiger partial charge in [0.25, 0.3) is 0 Å². The molecule has 0 bridgehead atoms. The van der Waals surface area contributed by atoms with Crippen LogP contribution in [0.4, 0.5) is 8.78 Å². The highest BCUT2D eigenvalue weighted by Gasteiger charge is 2.28. The number of methoxy groups -OCH3 is 2. The lowest BCUT2D eigenvalue weighted by molar-refractivity contribution is -0.203. The highest BCUT2D eigenvalue weighted by atomic mass is 19.1. The topological polar surface area (TPSA) is 18.5 Å². The molecular weight excluding hydrogens is 190 g/mol. The van der Waals surface area contributed by atoms with Crippen molar-refractivity contribution in [3.8, 4) is 0 Å². The smallest absolute Gasteiger partial charge is 0.194 e. The summed E-state index contributed by atoms with van der Waals surface area (Å²) in [6, 6.07) is 3.26. The first-order valence-corrected chi connectivity index (χ1v) is 4.09. The predicted octanol–water partition coefficient (Wildman–Crippen LogP) is 2.43. The molecule has 1 rings (SSSR count). The summed E-state index contributed by atoms with van der Waals surface area (Å²) < 4.78 is 36.0. The maximum Gasteiger partial charge on any atom is 0.194 e. The van der Waals surface area contributed by atoms with Gasteiger partial charge in [-0.15, -0.1) is 0 Å². The Bertz CT molecular complexity index is 322. The average Bonchev–Trinajstić information content (AvgIpc) is 2.17. The van der Waals surface area contributed by atoms with Gasteiger partial charge >= 0.3 is 0 Å². The van der Waals surface area contributed by atoms with E-state index in [9.17, 15) is 8.78 Å². The van der Waals surface area contributed by atoms with Crippen LogP contribution in [0.25, 0.3) is 0 Å². The van der Waals surface area contributed by atoms with Crippen molar-refractivity contribution in [3.63, 3.8) is 0 Å². The zero-order valence-corrected chi connectivity index (χ0v) is 8.30.